The summed E-state index contributed by atoms with van der Waals surface area (Å²) < 4.78 is 37.6. The third kappa shape index (κ3) is 3.75. The Bertz CT molecular complexity index is 389. The molecule has 2 atom stereocenters. The van der Waals surface area contributed by atoms with E-state index in [1.807, 2.05) is 6.92 Å². The second-order valence-electron chi connectivity index (χ2n) is 4.68. The number of benzene rings is 1. The zero-order valence-electron chi connectivity index (χ0n) is 10.5. The molecule has 1 saturated heterocycles. The predicted molar refractivity (Wildman–Crippen MR) is 64.2 cm³/mol. The average Bonchev–Trinajstić information content (AvgIpc) is 2.35. The van der Waals surface area contributed by atoms with Crippen LogP contribution in [0.25, 0.3) is 0 Å². The SMILES string of the molecule is CC(Cc1cc(F)ccc1F)O[C@@H]1CCCCO1. The molecule has 1 aromatic rings. The Morgan fingerprint density at radius 1 is 1.39 bits per heavy atom. The quantitative estimate of drug-likeness (QED) is 0.821. The second-order valence-corrected chi connectivity index (χ2v) is 4.68. The van der Waals surface area contributed by atoms with Crippen molar-refractivity contribution < 1.29 is 18.3 Å². The fourth-order valence-corrected chi connectivity index (χ4v) is 2.14. The smallest absolute Gasteiger partial charge is 0.157 e. The maximum Gasteiger partial charge on any atom is 0.157 e. The van der Waals surface area contributed by atoms with Crippen molar-refractivity contribution in [2.24, 2.45) is 0 Å². The van der Waals surface area contributed by atoms with E-state index in [2.05, 4.69) is 0 Å². The van der Waals surface area contributed by atoms with Crippen LogP contribution < -0.4 is 0 Å². The molecule has 18 heavy (non-hydrogen) atoms. The van der Waals surface area contributed by atoms with E-state index < -0.39 is 11.6 Å². The van der Waals surface area contributed by atoms with Crippen LogP contribution in [0.15, 0.2) is 18.2 Å². The highest BCUT2D eigenvalue weighted by molar-refractivity contribution is 5.19. The van der Waals surface area contributed by atoms with Crippen LogP contribution in [0, 0.1) is 11.6 Å². The molecule has 1 aromatic carbocycles. The van der Waals surface area contributed by atoms with Crippen molar-refractivity contribution in [1.29, 1.82) is 0 Å². The Morgan fingerprint density at radius 2 is 2.22 bits per heavy atom. The molecule has 0 radical (unpaired) electrons. The summed E-state index contributed by atoms with van der Waals surface area (Å²) in [6, 6.07) is 3.49. The largest absolute Gasteiger partial charge is 0.353 e. The van der Waals surface area contributed by atoms with Gasteiger partial charge in [-0.1, -0.05) is 0 Å². The number of rotatable bonds is 4. The van der Waals surface area contributed by atoms with Gasteiger partial charge in [-0.3, -0.25) is 0 Å². The summed E-state index contributed by atoms with van der Waals surface area (Å²) in [6.45, 7) is 2.56. The minimum Gasteiger partial charge on any atom is -0.353 e. The highest BCUT2D eigenvalue weighted by Crippen LogP contribution is 2.18. The van der Waals surface area contributed by atoms with Crippen LogP contribution in [0.1, 0.15) is 31.7 Å². The molecule has 1 aliphatic heterocycles. The molecule has 1 aliphatic rings. The molecular formula is C14H18F2O2. The fourth-order valence-electron chi connectivity index (χ4n) is 2.14. The number of hydrogen-bond donors (Lipinski definition) is 0. The highest BCUT2D eigenvalue weighted by Gasteiger charge is 2.18. The molecule has 0 aromatic heterocycles. The maximum absolute atomic E-state index is 13.5. The summed E-state index contributed by atoms with van der Waals surface area (Å²) in [4.78, 5) is 0. The molecule has 100 valence electrons. The first kappa shape index (κ1) is 13.4. The molecule has 0 spiro atoms. The molecule has 1 unspecified atom stereocenters. The van der Waals surface area contributed by atoms with Gasteiger partial charge in [-0.2, -0.15) is 0 Å². The summed E-state index contributed by atoms with van der Waals surface area (Å²) in [5, 5.41) is 0. The Balaban J connectivity index is 1.89. The minimum absolute atomic E-state index is 0.190. The van der Waals surface area contributed by atoms with Gasteiger partial charge in [-0.15, -0.1) is 0 Å². The maximum atomic E-state index is 13.5. The standard InChI is InChI=1S/C14H18F2O2/c1-10(18-14-4-2-3-7-17-14)8-11-9-12(15)5-6-13(11)16/h5-6,9-10,14H,2-4,7-8H2,1H3/t10?,14-/m1/s1. The van der Waals surface area contributed by atoms with Crippen LogP contribution in [0.3, 0.4) is 0 Å². The lowest BCUT2D eigenvalue weighted by molar-refractivity contribution is -0.184. The molecule has 0 aliphatic carbocycles. The van der Waals surface area contributed by atoms with Gasteiger partial charge >= 0.3 is 0 Å². The zero-order valence-corrected chi connectivity index (χ0v) is 10.5. The van der Waals surface area contributed by atoms with Crippen LogP contribution in [-0.2, 0) is 15.9 Å². The number of halogens is 2. The van der Waals surface area contributed by atoms with Gasteiger partial charge in [0.05, 0.1) is 6.10 Å². The van der Waals surface area contributed by atoms with Gasteiger partial charge in [0, 0.05) is 13.0 Å². The molecule has 2 rings (SSSR count). The summed E-state index contributed by atoms with van der Waals surface area (Å²) >= 11 is 0. The van der Waals surface area contributed by atoms with Gasteiger partial charge in [0.1, 0.15) is 11.6 Å². The first-order valence-corrected chi connectivity index (χ1v) is 6.36. The van der Waals surface area contributed by atoms with Crippen molar-refractivity contribution in [2.75, 3.05) is 6.61 Å². The monoisotopic (exact) mass is 256 g/mol. The van der Waals surface area contributed by atoms with Crippen molar-refractivity contribution in [3.05, 3.63) is 35.4 Å². The molecule has 4 heteroatoms. The van der Waals surface area contributed by atoms with E-state index in [9.17, 15) is 8.78 Å². The Labute approximate surface area is 106 Å². The molecular weight excluding hydrogens is 238 g/mol. The minimum atomic E-state index is -0.424. The lowest BCUT2D eigenvalue weighted by Gasteiger charge is -2.26. The van der Waals surface area contributed by atoms with Crippen molar-refractivity contribution in [3.63, 3.8) is 0 Å². The van der Waals surface area contributed by atoms with Gasteiger partial charge < -0.3 is 9.47 Å². The van der Waals surface area contributed by atoms with Crippen LogP contribution in [-0.4, -0.2) is 19.0 Å². The lowest BCUT2D eigenvalue weighted by Crippen LogP contribution is -2.27. The van der Waals surface area contributed by atoms with Gasteiger partial charge in [0.2, 0.25) is 0 Å². The third-order valence-electron chi connectivity index (χ3n) is 3.04. The predicted octanol–water partition coefficient (Wildman–Crippen LogP) is 3.44. The summed E-state index contributed by atoms with van der Waals surface area (Å²) in [5.74, 6) is -0.816. The average molecular weight is 256 g/mol. The van der Waals surface area contributed by atoms with E-state index in [-0.39, 0.29) is 12.4 Å². The van der Waals surface area contributed by atoms with Gasteiger partial charge in [-0.25, -0.2) is 8.78 Å². The van der Waals surface area contributed by atoms with E-state index in [0.29, 0.717) is 18.6 Å². The molecule has 0 N–H and O–H groups in total. The van der Waals surface area contributed by atoms with E-state index >= 15 is 0 Å². The third-order valence-corrected chi connectivity index (χ3v) is 3.04. The number of ether oxygens (including phenoxy) is 2. The molecule has 1 heterocycles. The van der Waals surface area contributed by atoms with Gasteiger partial charge in [0.25, 0.3) is 0 Å². The fraction of sp³-hybridized carbons (Fsp3) is 0.571. The van der Waals surface area contributed by atoms with Crippen molar-refractivity contribution in [2.45, 2.75) is 45.0 Å². The lowest BCUT2D eigenvalue weighted by atomic mass is 10.1. The highest BCUT2D eigenvalue weighted by atomic mass is 19.1. The summed E-state index contributed by atoms with van der Waals surface area (Å²) in [6.07, 6.45) is 2.98. The number of hydrogen-bond acceptors (Lipinski definition) is 2. The van der Waals surface area contributed by atoms with Crippen molar-refractivity contribution in [3.8, 4) is 0 Å². The van der Waals surface area contributed by atoms with Crippen LogP contribution >= 0.6 is 0 Å². The first-order valence-electron chi connectivity index (χ1n) is 6.36. The molecule has 1 fully saturated rings. The Hall–Kier alpha value is -1.00. The van der Waals surface area contributed by atoms with Crippen LogP contribution in [0.5, 0.6) is 0 Å². The van der Waals surface area contributed by atoms with Crippen molar-refractivity contribution in [1.82, 2.24) is 0 Å². The van der Waals surface area contributed by atoms with E-state index in [4.69, 9.17) is 9.47 Å². The second kappa shape index (κ2) is 6.25. The van der Waals surface area contributed by atoms with Gasteiger partial charge in [-0.05, 0) is 49.9 Å². The molecule has 0 bridgehead atoms. The first-order chi connectivity index (χ1) is 8.65. The molecule has 0 amide bonds. The van der Waals surface area contributed by atoms with Crippen LogP contribution in [0.2, 0.25) is 0 Å². The van der Waals surface area contributed by atoms with E-state index in [1.165, 1.54) is 6.07 Å². The summed E-state index contributed by atoms with van der Waals surface area (Å²) in [7, 11) is 0. The zero-order chi connectivity index (χ0) is 13.0. The van der Waals surface area contributed by atoms with E-state index in [1.54, 1.807) is 0 Å². The Kier molecular flexibility index (Phi) is 4.66. The van der Waals surface area contributed by atoms with Gasteiger partial charge in [0.15, 0.2) is 6.29 Å². The summed E-state index contributed by atoms with van der Waals surface area (Å²) in [5.41, 5.74) is 0.346. The Morgan fingerprint density at radius 3 is 2.94 bits per heavy atom. The normalized spacial score (nSPS) is 21.8. The van der Waals surface area contributed by atoms with Crippen LogP contribution in [0.4, 0.5) is 8.78 Å². The van der Waals surface area contributed by atoms with E-state index in [0.717, 1.165) is 31.4 Å². The topological polar surface area (TPSA) is 18.5 Å². The van der Waals surface area contributed by atoms with Crippen molar-refractivity contribution >= 4 is 0 Å². The molecule has 2 nitrogen and oxygen atoms in total. The molecule has 0 saturated carbocycles.